The van der Waals surface area contributed by atoms with Gasteiger partial charge in [-0.05, 0) is 62.4 Å². The molecule has 2 aromatic carbocycles. The second kappa shape index (κ2) is 6.72. The second-order valence-electron chi connectivity index (χ2n) is 5.78. The third kappa shape index (κ3) is 3.65. The smallest absolute Gasteiger partial charge is 0.265 e. The average molecular weight is 373 g/mol. The minimum absolute atomic E-state index is 0.167. The van der Waals surface area contributed by atoms with E-state index in [-0.39, 0.29) is 10.5 Å². The maximum Gasteiger partial charge on any atom is 0.265 e. The molecular weight excluding hydrogens is 357 g/mol. The van der Waals surface area contributed by atoms with Crippen LogP contribution in [0.5, 0.6) is 0 Å². The molecule has 0 unspecified atom stereocenters. The summed E-state index contributed by atoms with van der Waals surface area (Å²) >= 11 is 0. The Labute approximate surface area is 150 Å². The molecule has 0 aliphatic rings. The summed E-state index contributed by atoms with van der Waals surface area (Å²) < 4.78 is 41.1. The van der Waals surface area contributed by atoms with Gasteiger partial charge in [0.2, 0.25) is 0 Å². The summed E-state index contributed by atoms with van der Waals surface area (Å²) in [6, 6.07) is 12.6. The Morgan fingerprint density at radius 2 is 1.77 bits per heavy atom. The minimum Gasteiger partial charge on any atom is -0.268 e. The molecule has 0 atom stereocenters. The molecule has 0 aliphatic carbocycles. The van der Waals surface area contributed by atoms with Gasteiger partial charge in [-0.1, -0.05) is 6.07 Å². The van der Waals surface area contributed by atoms with Gasteiger partial charge in [-0.15, -0.1) is 0 Å². The van der Waals surface area contributed by atoms with Crippen LogP contribution >= 0.6 is 0 Å². The zero-order valence-corrected chi connectivity index (χ0v) is 14.9. The Balaban J connectivity index is 1.87. The number of aromatic nitrogens is 2. The first-order chi connectivity index (χ1) is 12.3. The lowest BCUT2D eigenvalue weighted by Gasteiger charge is -2.09. The van der Waals surface area contributed by atoms with Gasteiger partial charge in [0.25, 0.3) is 15.9 Å². The van der Waals surface area contributed by atoms with E-state index in [2.05, 4.69) is 5.10 Å². The first kappa shape index (κ1) is 17.8. The normalized spacial score (nSPS) is 11.3. The van der Waals surface area contributed by atoms with Crippen molar-refractivity contribution in [1.82, 2.24) is 14.5 Å². The molecule has 3 aromatic rings. The van der Waals surface area contributed by atoms with E-state index in [1.165, 1.54) is 6.07 Å². The Hall–Kier alpha value is -3.00. The Kier molecular flexibility index (Phi) is 4.60. The molecule has 1 aromatic heterocycles. The van der Waals surface area contributed by atoms with Gasteiger partial charge in [-0.3, -0.25) is 4.79 Å². The van der Waals surface area contributed by atoms with Crippen molar-refractivity contribution in [2.45, 2.75) is 18.7 Å². The van der Waals surface area contributed by atoms with Crippen LogP contribution in [-0.2, 0) is 10.0 Å². The average Bonchev–Trinajstić information content (AvgIpc) is 2.93. The molecule has 6 nitrogen and oxygen atoms in total. The van der Waals surface area contributed by atoms with E-state index in [0.29, 0.717) is 5.69 Å². The highest BCUT2D eigenvalue weighted by Gasteiger charge is 2.19. The summed E-state index contributed by atoms with van der Waals surface area (Å²) in [5.41, 5.74) is 2.53. The molecule has 0 bridgehead atoms. The van der Waals surface area contributed by atoms with Gasteiger partial charge in [0, 0.05) is 11.3 Å². The van der Waals surface area contributed by atoms with Crippen LogP contribution in [0.4, 0.5) is 4.39 Å². The number of nitrogens with zero attached hydrogens (tertiary/aromatic N) is 2. The fourth-order valence-electron chi connectivity index (χ4n) is 2.52. The van der Waals surface area contributed by atoms with Crippen LogP contribution in [0.1, 0.15) is 21.7 Å². The SMILES string of the molecule is Cc1cc(C)n(-c2cccc(C(=O)NS(=O)(=O)c3ccc(F)cc3)c2)n1. The monoisotopic (exact) mass is 373 g/mol. The van der Waals surface area contributed by atoms with Gasteiger partial charge in [0.1, 0.15) is 5.82 Å². The number of sulfonamides is 1. The number of carbonyl (C=O) groups is 1. The van der Waals surface area contributed by atoms with Crippen LogP contribution in [-0.4, -0.2) is 24.1 Å². The van der Waals surface area contributed by atoms with Crippen molar-refractivity contribution >= 4 is 15.9 Å². The van der Waals surface area contributed by atoms with Gasteiger partial charge in [0.05, 0.1) is 16.3 Å². The van der Waals surface area contributed by atoms with Crippen molar-refractivity contribution in [3.8, 4) is 5.69 Å². The second-order valence-corrected chi connectivity index (χ2v) is 7.46. The van der Waals surface area contributed by atoms with Crippen LogP contribution in [0, 0.1) is 19.7 Å². The van der Waals surface area contributed by atoms with E-state index in [9.17, 15) is 17.6 Å². The molecule has 0 aliphatic heterocycles. The molecule has 1 N–H and O–H groups in total. The Bertz CT molecular complexity index is 1070. The zero-order valence-electron chi connectivity index (χ0n) is 14.1. The first-order valence-electron chi connectivity index (χ1n) is 7.73. The molecule has 0 saturated heterocycles. The third-order valence-corrected chi connectivity index (χ3v) is 5.06. The molecule has 0 saturated carbocycles. The van der Waals surface area contributed by atoms with Crippen LogP contribution < -0.4 is 4.72 Å². The molecule has 0 radical (unpaired) electrons. The highest BCUT2D eigenvalue weighted by molar-refractivity contribution is 7.90. The number of carbonyl (C=O) groups excluding carboxylic acids is 1. The van der Waals surface area contributed by atoms with Crippen LogP contribution in [0.25, 0.3) is 5.69 Å². The van der Waals surface area contributed by atoms with E-state index < -0.39 is 21.7 Å². The first-order valence-corrected chi connectivity index (χ1v) is 9.21. The summed E-state index contributed by atoms with van der Waals surface area (Å²) in [5, 5.41) is 4.34. The molecule has 26 heavy (non-hydrogen) atoms. The largest absolute Gasteiger partial charge is 0.268 e. The molecule has 134 valence electrons. The Morgan fingerprint density at radius 1 is 1.08 bits per heavy atom. The number of halogens is 1. The van der Waals surface area contributed by atoms with Gasteiger partial charge in [0.15, 0.2) is 0 Å². The van der Waals surface area contributed by atoms with Crippen LogP contribution in [0.15, 0.2) is 59.5 Å². The molecule has 0 spiro atoms. The number of rotatable bonds is 4. The zero-order chi connectivity index (χ0) is 18.9. The maximum absolute atomic E-state index is 13.0. The molecule has 1 heterocycles. The highest BCUT2D eigenvalue weighted by atomic mass is 32.2. The van der Waals surface area contributed by atoms with E-state index >= 15 is 0 Å². The summed E-state index contributed by atoms with van der Waals surface area (Å²) in [7, 11) is -4.09. The van der Waals surface area contributed by atoms with Gasteiger partial charge >= 0.3 is 0 Å². The van der Waals surface area contributed by atoms with E-state index in [1.54, 1.807) is 22.9 Å². The Morgan fingerprint density at radius 3 is 2.38 bits per heavy atom. The van der Waals surface area contributed by atoms with Crippen molar-refractivity contribution in [2.75, 3.05) is 0 Å². The fourth-order valence-corrected chi connectivity index (χ4v) is 3.50. The van der Waals surface area contributed by atoms with Crippen molar-refractivity contribution < 1.29 is 17.6 Å². The summed E-state index contributed by atoms with van der Waals surface area (Å²) in [6.45, 7) is 3.74. The fraction of sp³-hybridized carbons (Fsp3) is 0.111. The number of amides is 1. The molecule has 1 amide bonds. The van der Waals surface area contributed by atoms with Crippen molar-refractivity contribution in [3.63, 3.8) is 0 Å². The lowest BCUT2D eigenvalue weighted by atomic mass is 10.2. The van der Waals surface area contributed by atoms with Gasteiger partial charge < -0.3 is 0 Å². The number of hydrogen-bond acceptors (Lipinski definition) is 4. The number of nitrogens with one attached hydrogen (secondary N) is 1. The topological polar surface area (TPSA) is 81.1 Å². The lowest BCUT2D eigenvalue weighted by Crippen LogP contribution is -2.30. The predicted molar refractivity (Wildman–Crippen MR) is 94.1 cm³/mol. The summed E-state index contributed by atoms with van der Waals surface area (Å²) in [6.07, 6.45) is 0. The van der Waals surface area contributed by atoms with Gasteiger partial charge in [-0.25, -0.2) is 22.2 Å². The number of aryl methyl sites for hydroxylation is 2. The van der Waals surface area contributed by atoms with E-state index in [0.717, 1.165) is 35.7 Å². The lowest BCUT2D eigenvalue weighted by molar-refractivity contribution is 0.0981. The van der Waals surface area contributed by atoms with Crippen molar-refractivity contribution in [2.24, 2.45) is 0 Å². The third-order valence-electron chi connectivity index (χ3n) is 3.71. The van der Waals surface area contributed by atoms with Crippen LogP contribution in [0.3, 0.4) is 0 Å². The van der Waals surface area contributed by atoms with Crippen molar-refractivity contribution in [1.29, 1.82) is 0 Å². The highest BCUT2D eigenvalue weighted by Crippen LogP contribution is 2.15. The van der Waals surface area contributed by atoms with Crippen LogP contribution in [0.2, 0.25) is 0 Å². The van der Waals surface area contributed by atoms with E-state index in [4.69, 9.17) is 0 Å². The maximum atomic E-state index is 13.0. The van der Waals surface area contributed by atoms with Crippen molar-refractivity contribution in [3.05, 3.63) is 77.4 Å². The molecular formula is C18H16FN3O3S. The molecule has 0 fully saturated rings. The standard InChI is InChI=1S/C18H16FN3O3S/c1-12-10-13(2)22(20-12)16-5-3-4-14(11-16)18(23)21-26(24,25)17-8-6-15(19)7-9-17/h3-11H,1-2H3,(H,21,23). The van der Waals surface area contributed by atoms with Gasteiger partial charge in [-0.2, -0.15) is 5.10 Å². The quantitative estimate of drug-likeness (QED) is 0.762. The summed E-state index contributed by atoms with van der Waals surface area (Å²) in [5.74, 6) is -1.34. The number of benzene rings is 2. The predicted octanol–water partition coefficient (Wildman–Crippen LogP) is 2.75. The summed E-state index contributed by atoms with van der Waals surface area (Å²) in [4.78, 5) is 12.2. The molecule has 3 rings (SSSR count). The van der Waals surface area contributed by atoms with E-state index in [1.807, 2.05) is 24.6 Å². The minimum atomic E-state index is -4.09. The number of hydrogen-bond donors (Lipinski definition) is 1. The molecule has 8 heteroatoms.